The maximum Gasteiger partial charge on any atom is 0.240 e. The normalized spacial score (nSPS) is 14.8. The lowest BCUT2D eigenvalue weighted by molar-refractivity contribution is -0.121. The number of aliphatic hydroxyl groups excluding tert-OH is 1. The maximum absolute atomic E-state index is 12.9. The Labute approximate surface area is 170 Å². The first-order chi connectivity index (χ1) is 13.8. The monoisotopic (exact) mass is 420 g/mol. The Morgan fingerprint density at radius 3 is 2.48 bits per heavy atom. The van der Waals surface area contributed by atoms with Crippen LogP contribution in [0.1, 0.15) is 42.1 Å². The zero-order valence-corrected chi connectivity index (χ0v) is 16.8. The van der Waals surface area contributed by atoms with Crippen molar-refractivity contribution in [3.05, 3.63) is 65.0 Å². The molecule has 3 N–H and O–H groups in total. The molecule has 3 rings (SSSR count). The number of rotatable bonds is 8. The summed E-state index contributed by atoms with van der Waals surface area (Å²) >= 11 is 0. The van der Waals surface area contributed by atoms with E-state index >= 15 is 0 Å². The Hall–Kier alpha value is -2.29. The van der Waals surface area contributed by atoms with E-state index < -0.39 is 21.9 Å². The fourth-order valence-corrected chi connectivity index (χ4v) is 4.44. The topological polar surface area (TPSA) is 95.5 Å². The number of fused-ring (bicyclic) bond motifs is 1. The Balaban J connectivity index is 1.46. The van der Waals surface area contributed by atoms with Crippen LogP contribution in [0.3, 0.4) is 0 Å². The summed E-state index contributed by atoms with van der Waals surface area (Å²) in [5.41, 5.74) is 2.76. The van der Waals surface area contributed by atoms with Gasteiger partial charge in [0.25, 0.3) is 0 Å². The van der Waals surface area contributed by atoms with Crippen molar-refractivity contribution in [2.75, 3.05) is 13.1 Å². The molecule has 1 unspecified atom stereocenters. The number of carbonyl (C=O) groups excluding carboxylic acids is 1. The number of aliphatic hydroxyl groups is 1. The minimum atomic E-state index is -3.68. The molecule has 0 fully saturated rings. The number of sulfonamides is 1. The molecule has 0 heterocycles. The van der Waals surface area contributed by atoms with Crippen molar-refractivity contribution < 1.29 is 22.7 Å². The van der Waals surface area contributed by atoms with E-state index in [1.165, 1.54) is 29.8 Å². The fourth-order valence-electron chi connectivity index (χ4n) is 3.36. The summed E-state index contributed by atoms with van der Waals surface area (Å²) in [6.07, 6.45) is 3.04. The molecule has 1 atom stereocenters. The summed E-state index contributed by atoms with van der Waals surface area (Å²) in [5, 5.41) is 12.6. The molecule has 6 nitrogen and oxygen atoms in total. The fraction of sp³-hybridized carbons (Fsp3) is 0.381. The van der Waals surface area contributed by atoms with Crippen molar-refractivity contribution in [1.29, 1.82) is 0 Å². The first kappa shape index (κ1) is 21.4. The van der Waals surface area contributed by atoms with Gasteiger partial charge in [-0.25, -0.2) is 17.5 Å². The molecule has 0 saturated carbocycles. The van der Waals surface area contributed by atoms with E-state index in [4.69, 9.17) is 0 Å². The number of benzene rings is 2. The number of halogens is 1. The summed E-state index contributed by atoms with van der Waals surface area (Å²) in [6.45, 7) is -0.0834. The zero-order valence-electron chi connectivity index (χ0n) is 16.0. The number of aryl methyl sites for hydroxylation is 2. The Morgan fingerprint density at radius 2 is 1.76 bits per heavy atom. The van der Waals surface area contributed by atoms with Crippen molar-refractivity contribution >= 4 is 15.9 Å². The summed E-state index contributed by atoms with van der Waals surface area (Å²) in [4.78, 5) is 12.1. The highest BCUT2D eigenvalue weighted by Gasteiger charge is 2.18. The molecule has 0 spiro atoms. The second kappa shape index (κ2) is 9.47. The van der Waals surface area contributed by atoms with Gasteiger partial charge >= 0.3 is 0 Å². The summed E-state index contributed by atoms with van der Waals surface area (Å²) in [6, 6.07) is 10.5. The molecular formula is C21H25FN2O4S. The van der Waals surface area contributed by atoms with Gasteiger partial charge in [0.2, 0.25) is 15.9 Å². The largest absolute Gasteiger partial charge is 0.387 e. The van der Waals surface area contributed by atoms with Crippen LogP contribution in [0.4, 0.5) is 4.39 Å². The van der Waals surface area contributed by atoms with Crippen molar-refractivity contribution in [3.63, 3.8) is 0 Å². The highest BCUT2D eigenvalue weighted by atomic mass is 32.2. The summed E-state index contributed by atoms with van der Waals surface area (Å²) < 4.78 is 40.3. The predicted octanol–water partition coefficient (Wildman–Crippen LogP) is 2.22. The Bertz CT molecular complexity index is 961. The highest BCUT2D eigenvalue weighted by molar-refractivity contribution is 7.89. The van der Waals surface area contributed by atoms with Crippen molar-refractivity contribution in [2.45, 2.75) is 43.1 Å². The van der Waals surface area contributed by atoms with E-state index in [9.17, 15) is 22.7 Å². The lowest BCUT2D eigenvalue weighted by atomic mass is 9.92. The average Bonchev–Trinajstić information content (AvgIpc) is 2.72. The van der Waals surface area contributed by atoms with Crippen molar-refractivity contribution in [3.8, 4) is 0 Å². The first-order valence-electron chi connectivity index (χ1n) is 9.67. The van der Waals surface area contributed by atoms with E-state index in [1.54, 1.807) is 12.1 Å². The lowest BCUT2D eigenvalue weighted by Crippen LogP contribution is -2.33. The molecule has 1 aliphatic carbocycles. The smallest absolute Gasteiger partial charge is 0.240 e. The Morgan fingerprint density at radius 1 is 1.07 bits per heavy atom. The third kappa shape index (κ3) is 5.85. The van der Waals surface area contributed by atoms with Crippen LogP contribution in [0, 0.1) is 5.82 Å². The lowest BCUT2D eigenvalue weighted by Gasteiger charge is -2.17. The van der Waals surface area contributed by atoms with E-state index in [0.717, 1.165) is 31.2 Å². The van der Waals surface area contributed by atoms with Crippen LogP contribution in [0.2, 0.25) is 0 Å². The molecule has 2 aromatic carbocycles. The zero-order chi connectivity index (χ0) is 20.9. The van der Waals surface area contributed by atoms with Crippen LogP contribution in [-0.4, -0.2) is 32.5 Å². The molecule has 0 bridgehead atoms. The molecule has 29 heavy (non-hydrogen) atoms. The van der Waals surface area contributed by atoms with Gasteiger partial charge in [-0.2, -0.15) is 0 Å². The van der Waals surface area contributed by atoms with Gasteiger partial charge < -0.3 is 10.4 Å². The molecule has 1 aliphatic rings. The molecule has 0 saturated heterocycles. The van der Waals surface area contributed by atoms with Crippen LogP contribution >= 0.6 is 0 Å². The maximum atomic E-state index is 12.9. The van der Waals surface area contributed by atoms with Gasteiger partial charge in [0.1, 0.15) is 5.82 Å². The summed E-state index contributed by atoms with van der Waals surface area (Å²) in [5.74, 6) is -0.796. The number of amides is 1. The first-order valence-corrected chi connectivity index (χ1v) is 11.2. The van der Waals surface area contributed by atoms with Crippen LogP contribution in [0.5, 0.6) is 0 Å². The third-order valence-electron chi connectivity index (χ3n) is 5.02. The van der Waals surface area contributed by atoms with Crippen LogP contribution < -0.4 is 10.0 Å². The highest BCUT2D eigenvalue weighted by Crippen LogP contribution is 2.24. The second-order valence-corrected chi connectivity index (χ2v) is 8.92. The molecular weight excluding hydrogens is 395 g/mol. The van der Waals surface area contributed by atoms with E-state index in [2.05, 4.69) is 10.0 Å². The minimum Gasteiger partial charge on any atom is -0.387 e. The molecule has 1 amide bonds. The SMILES string of the molecule is O=C(CCNS(=O)(=O)c1ccc2c(c1)CCCC2)NCC(O)c1ccc(F)cc1. The number of hydrogen-bond donors (Lipinski definition) is 3. The molecule has 8 heteroatoms. The summed E-state index contributed by atoms with van der Waals surface area (Å²) in [7, 11) is -3.68. The van der Waals surface area contributed by atoms with E-state index in [0.29, 0.717) is 5.56 Å². The van der Waals surface area contributed by atoms with Crippen LogP contribution in [-0.2, 0) is 27.7 Å². The number of hydrogen-bond acceptors (Lipinski definition) is 4. The second-order valence-electron chi connectivity index (χ2n) is 7.16. The van der Waals surface area contributed by atoms with Crippen molar-refractivity contribution in [2.24, 2.45) is 0 Å². The molecule has 2 aromatic rings. The van der Waals surface area contributed by atoms with Crippen molar-refractivity contribution in [1.82, 2.24) is 10.0 Å². The number of carbonyl (C=O) groups is 1. The average molecular weight is 421 g/mol. The molecule has 0 aliphatic heterocycles. The van der Waals surface area contributed by atoms with Gasteiger partial charge in [0.15, 0.2) is 0 Å². The van der Waals surface area contributed by atoms with Gasteiger partial charge in [-0.1, -0.05) is 18.2 Å². The van der Waals surface area contributed by atoms with Gasteiger partial charge in [-0.15, -0.1) is 0 Å². The predicted molar refractivity (Wildman–Crippen MR) is 107 cm³/mol. The Kier molecular flexibility index (Phi) is 7.00. The molecule has 0 aromatic heterocycles. The molecule has 0 radical (unpaired) electrons. The van der Waals surface area contributed by atoms with Gasteiger partial charge in [0.05, 0.1) is 11.0 Å². The van der Waals surface area contributed by atoms with Gasteiger partial charge in [-0.05, 0) is 66.6 Å². The van der Waals surface area contributed by atoms with Gasteiger partial charge in [0, 0.05) is 19.5 Å². The van der Waals surface area contributed by atoms with E-state index in [-0.39, 0.29) is 30.3 Å². The van der Waals surface area contributed by atoms with Gasteiger partial charge in [-0.3, -0.25) is 4.79 Å². The third-order valence-corrected chi connectivity index (χ3v) is 6.48. The minimum absolute atomic E-state index is 0.0396. The molecule has 156 valence electrons. The quantitative estimate of drug-likeness (QED) is 0.610. The number of nitrogens with one attached hydrogen (secondary N) is 2. The van der Waals surface area contributed by atoms with E-state index in [1.807, 2.05) is 6.07 Å². The standard InChI is InChI=1S/C21H25FN2O4S/c22-18-8-5-16(6-9-18)20(25)14-23-21(26)11-12-24-29(27,28)19-10-7-15-3-1-2-4-17(15)13-19/h5-10,13,20,24-25H,1-4,11-12,14H2,(H,23,26). The van der Waals surface area contributed by atoms with Crippen LogP contribution in [0.25, 0.3) is 0 Å². The van der Waals surface area contributed by atoms with Crippen LogP contribution in [0.15, 0.2) is 47.4 Å².